The quantitative estimate of drug-likeness (QED) is 0.0845. The average molecular weight is 837 g/mol. The van der Waals surface area contributed by atoms with Crippen molar-refractivity contribution in [1.29, 1.82) is 0 Å². The fraction of sp³-hybridized carbons (Fsp3) is 0.837. The van der Waals surface area contributed by atoms with Crippen LogP contribution < -0.4 is 10.6 Å². The summed E-state index contributed by atoms with van der Waals surface area (Å²) in [6.45, 7) is 18.7. The van der Waals surface area contributed by atoms with Gasteiger partial charge in [0.1, 0.15) is 35.4 Å². The summed E-state index contributed by atoms with van der Waals surface area (Å²) in [6, 6.07) is -1.79. The molecule has 2 rings (SSSR count). The smallest absolute Gasteiger partial charge is 0.410 e. The Hall–Kier alpha value is -4.11. The molecular formula is C43H76N6O10. The summed E-state index contributed by atoms with van der Waals surface area (Å²) in [7, 11) is 1.54. The van der Waals surface area contributed by atoms with Crippen LogP contribution in [-0.2, 0) is 38.2 Å². The number of nitrogens with one attached hydrogen (secondary N) is 2. The SMILES string of the molecule is CN1C(=O)CN([C@@H](CCCCNC(=O)OC(C)(C)C)C(=O)NCCCCCCCCCCC(=O)N2CCN(C(=O)OC(C)(C)C)CC2)C(=O)[C@@H]1CCC(=O)OC(C)(C)C. The van der Waals surface area contributed by atoms with Gasteiger partial charge in [-0.25, -0.2) is 9.59 Å². The van der Waals surface area contributed by atoms with Gasteiger partial charge in [0.2, 0.25) is 23.6 Å². The van der Waals surface area contributed by atoms with E-state index in [9.17, 15) is 33.6 Å². The van der Waals surface area contributed by atoms with Gasteiger partial charge < -0.3 is 44.4 Å². The molecule has 2 fully saturated rings. The van der Waals surface area contributed by atoms with Crippen LogP contribution in [0.4, 0.5) is 9.59 Å². The van der Waals surface area contributed by atoms with Crippen molar-refractivity contribution in [2.45, 2.75) is 181 Å². The maximum atomic E-state index is 13.8. The molecule has 0 aromatic heterocycles. The summed E-state index contributed by atoms with van der Waals surface area (Å²) in [6.07, 6.45) is 8.68. The number of nitrogens with zero attached hydrogens (tertiary/aromatic N) is 4. The molecule has 6 amide bonds. The van der Waals surface area contributed by atoms with Crippen LogP contribution in [0.25, 0.3) is 0 Å². The molecule has 16 heteroatoms. The van der Waals surface area contributed by atoms with Crippen LogP contribution in [0.5, 0.6) is 0 Å². The number of rotatable bonds is 21. The molecule has 0 radical (unpaired) electrons. The zero-order chi connectivity index (χ0) is 44.4. The third-order valence-electron chi connectivity index (χ3n) is 9.93. The van der Waals surface area contributed by atoms with Gasteiger partial charge in [0.15, 0.2) is 0 Å². The summed E-state index contributed by atoms with van der Waals surface area (Å²) in [4.78, 5) is 96.3. The lowest BCUT2D eigenvalue weighted by atomic mass is 10.00. The third-order valence-corrected chi connectivity index (χ3v) is 9.93. The number of hydrogen-bond donors (Lipinski definition) is 2. The monoisotopic (exact) mass is 837 g/mol. The van der Waals surface area contributed by atoms with Gasteiger partial charge in [-0.2, -0.15) is 0 Å². The van der Waals surface area contributed by atoms with Crippen molar-refractivity contribution in [1.82, 2.24) is 30.2 Å². The minimum atomic E-state index is -0.901. The van der Waals surface area contributed by atoms with Gasteiger partial charge in [-0.05, 0) is 101 Å². The maximum absolute atomic E-state index is 13.8. The van der Waals surface area contributed by atoms with Gasteiger partial charge in [0, 0.05) is 59.2 Å². The zero-order valence-corrected chi connectivity index (χ0v) is 37.9. The van der Waals surface area contributed by atoms with Gasteiger partial charge in [-0.3, -0.25) is 24.0 Å². The number of amides is 6. The second-order valence-corrected chi connectivity index (χ2v) is 18.8. The van der Waals surface area contributed by atoms with E-state index >= 15 is 0 Å². The van der Waals surface area contributed by atoms with E-state index in [1.807, 2.05) is 25.7 Å². The Morgan fingerprint density at radius 2 is 1.15 bits per heavy atom. The molecule has 0 unspecified atom stereocenters. The number of alkyl carbamates (subject to hydrolysis) is 1. The molecule has 0 saturated carbocycles. The summed E-state index contributed by atoms with van der Waals surface area (Å²) in [5, 5.41) is 5.71. The van der Waals surface area contributed by atoms with Gasteiger partial charge in [0.05, 0.1) is 0 Å². The first-order chi connectivity index (χ1) is 27.5. The molecule has 2 N–H and O–H groups in total. The summed E-state index contributed by atoms with van der Waals surface area (Å²) < 4.78 is 16.1. The predicted octanol–water partition coefficient (Wildman–Crippen LogP) is 5.55. The molecule has 2 aliphatic heterocycles. The topological polar surface area (TPSA) is 184 Å². The lowest BCUT2D eigenvalue weighted by Crippen LogP contribution is -2.63. The molecule has 0 aliphatic carbocycles. The normalized spacial score (nSPS) is 17.1. The minimum absolute atomic E-state index is 0.0519. The number of piperazine rings is 2. The Bertz CT molecular complexity index is 1390. The highest BCUT2D eigenvalue weighted by Gasteiger charge is 2.42. The first kappa shape index (κ1) is 51.0. The van der Waals surface area contributed by atoms with Crippen molar-refractivity contribution in [3.8, 4) is 0 Å². The van der Waals surface area contributed by atoms with Gasteiger partial charge in [-0.15, -0.1) is 0 Å². The largest absolute Gasteiger partial charge is 0.460 e. The third kappa shape index (κ3) is 20.6. The Labute approximate surface area is 353 Å². The van der Waals surface area contributed by atoms with Crippen LogP contribution in [0, 0.1) is 0 Å². The molecule has 2 saturated heterocycles. The van der Waals surface area contributed by atoms with Crippen LogP contribution >= 0.6 is 0 Å². The highest BCUT2D eigenvalue weighted by molar-refractivity contribution is 5.98. The molecule has 0 aromatic rings. The molecule has 59 heavy (non-hydrogen) atoms. The molecule has 0 spiro atoms. The van der Waals surface area contributed by atoms with Crippen LogP contribution in [-0.4, -0.2) is 143 Å². The summed E-state index contributed by atoms with van der Waals surface area (Å²) >= 11 is 0. The number of esters is 1. The van der Waals surface area contributed by atoms with E-state index in [1.165, 1.54) is 16.8 Å². The molecule has 16 nitrogen and oxygen atoms in total. The Kier molecular flexibility index (Phi) is 21.0. The van der Waals surface area contributed by atoms with Crippen LogP contribution in [0.15, 0.2) is 0 Å². The lowest BCUT2D eigenvalue weighted by Gasteiger charge is -2.41. The van der Waals surface area contributed by atoms with E-state index in [0.717, 1.165) is 51.4 Å². The van der Waals surface area contributed by atoms with Crippen LogP contribution in [0.1, 0.15) is 152 Å². The lowest BCUT2D eigenvalue weighted by molar-refractivity contribution is -0.161. The molecular weight excluding hydrogens is 761 g/mol. The standard InChI is InChI=1S/C43H76N6O10/c1-41(2,3)57-36(52)24-23-33-38(54)49(31-35(51)46(33)10)32(21-18-20-26-45-39(55)58-42(4,5)6)37(53)44-25-19-16-14-12-11-13-15-17-22-34(50)47-27-29-48(30-28-47)40(56)59-43(7,8)9/h32-33H,11-31H2,1-10H3,(H,44,53)(H,45,55)/t32-,33-/m0/s1. The molecule has 0 aromatic carbocycles. The number of carbonyl (C=O) groups excluding carboxylic acids is 7. The Balaban J connectivity index is 1.78. The second-order valence-electron chi connectivity index (χ2n) is 18.8. The van der Waals surface area contributed by atoms with E-state index in [4.69, 9.17) is 14.2 Å². The summed E-state index contributed by atoms with van der Waals surface area (Å²) in [5.41, 5.74) is -1.86. The van der Waals surface area contributed by atoms with Crippen molar-refractivity contribution in [3.63, 3.8) is 0 Å². The van der Waals surface area contributed by atoms with Crippen molar-refractivity contribution in [2.75, 3.05) is 52.9 Å². The maximum Gasteiger partial charge on any atom is 0.410 e. The van der Waals surface area contributed by atoms with E-state index in [-0.39, 0.29) is 49.1 Å². The molecule has 2 heterocycles. The Morgan fingerprint density at radius 3 is 1.73 bits per heavy atom. The van der Waals surface area contributed by atoms with Gasteiger partial charge >= 0.3 is 18.2 Å². The number of unbranched alkanes of at least 4 members (excludes halogenated alkanes) is 8. The fourth-order valence-corrected chi connectivity index (χ4v) is 6.90. The fourth-order valence-electron chi connectivity index (χ4n) is 6.90. The van der Waals surface area contributed by atoms with E-state index in [2.05, 4.69) is 10.6 Å². The van der Waals surface area contributed by atoms with Crippen molar-refractivity contribution < 1.29 is 47.8 Å². The molecule has 2 atom stereocenters. The first-order valence-electron chi connectivity index (χ1n) is 21.8. The summed E-state index contributed by atoms with van der Waals surface area (Å²) in [5.74, 6) is -1.36. The predicted molar refractivity (Wildman–Crippen MR) is 224 cm³/mol. The van der Waals surface area contributed by atoms with Crippen molar-refractivity contribution in [2.24, 2.45) is 0 Å². The highest BCUT2D eigenvalue weighted by atomic mass is 16.6. The Morgan fingerprint density at radius 1 is 0.644 bits per heavy atom. The van der Waals surface area contributed by atoms with Crippen molar-refractivity contribution >= 4 is 41.8 Å². The van der Waals surface area contributed by atoms with Crippen molar-refractivity contribution in [3.05, 3.63) is 0 Å². The number of hydrogen-bond acceptors (Lipinski definition) is 10. The highest BCUT2D eigenvalue weighted by Crippen LogP contribution is 2.22. The zero-order valence-electron chi connectivity index (χ0n) is 37.9. The molecule has 338 valence electrons. The molecule has 2 aliphatic rings. The minimum Gasteiger partial charge on any atom is -0.460 e. The van der Waals surface area contributed by atoms with E-state index in [0.29, 0.717) is 65.0 Å². The van der Waals surface area contributed by atoms with Gasteiger partial charge in [0.25, 0.3) is 0 Å². The first-order valence-corrected chi connectivity index (χ1v) is 21.8. The molecule has 0 bridgehead atoms. The van der Waals surface area contributed by atoms with Gasteiger partial charge in [-0.1, -0.05) is 38.5 Å². The van der Waals surface area contributed by atoms with Crippen LogP contribution in [0.3, 0.4) is 0 Å². The second kappa shape index (κ2) is 24.2. The number of ether oxygens (including phenoxy) is 3. The average Bonchev–Trinajstić information content (AvgIpc) is 3.11. The van der Waals surface area contributed by atoms with E-state index in [1.54, 1.807) is 46.4 Å². The van der Waals surface area contributed by atoms with E-state index < -0.39 is 40.9 Å². The number of likely N-dealkylation sites (N-methyl/N-ethyl adjacent to an activating group) is 1. The van der Waals surface area contributed by atoms with Crippen LogP contribution in [0.2, 0.25) is 0 Å². The number of carbonyl (C=O) groups is 7.